The summed E-state index contributed by atoms with van der Waals surface area (Å²) in [6.45, 7) is 4.23. The van der Waals surface area contributed by atoms with Crippen molar-refractivity contribution in [3.05, 3.63) is 46.2 Å². The maximum atomic E-state index is 12.2. The summed E-state index contributed by atoms with van der Waals surface area (Å²) < 4.78 is 15.7. The van der Waals surface area contributed by atoms with E-state index in [0.29, 0.717) is 29.4 Å². The number of carbonyl (C=O) groups excluding carboxylic acids is 1. The van der Waals surface area contributed by atoms with Crippen LogP contribution in [0.15, 0.2) is 24.3 Å². The van der Waals surface area contributed by atoms with Crippen molar-refractivity contribution in [1.82, 2.24) is 4.98 Å². The number of hydrogen-bond acceptors (Lipinski definition) is 6. The van der Waals surface area contributed by atoms with E-state index in [9.17, 15) is 4.79 Å². The molecule has 0 spiro atoms. The molecule has 0 radical (unpaired) electrons. The topological polar surface area (TPSA) is 69.7 Å². The number of rotatable bonds is 7. The molecule has 2 rings (SSSR count). The van der Waals surface area contributed by atoms with Gasteiger partial charge in [0.15, 0.2) is 0 Å². The van der Waals surface area contributed by atoms with E-state index in [1.165, 1.54) is 0 Å². The number of aryl methyl sites for hydroxylation is 1. The highest BCUT2D eigenvalue weighted by Crippen LogP contribution is 2.28. The maximum absolute atomic E-state index is 12.2. The third-order valence-corrected chi connectivity index (χ3v) is 3.82. The van der Waals surface area contributed by atoms with Crippen molar-refractivity contribution in [2.75, 3.05) is 26.1 Å². The van der Waals surface area contributed by atoms with Crippen molar-refractivity contribution in [3.63, 3.8) is 0 Å². The van der Waals surface area contributed by atoms with Gasteiger partial charge < -0.3 is 19.5 Å². The Morgan fingerprint density at radius 3 is 2.64 bits per heavy atom. The fourth-order valence-corrected chi connectivity index (χ4v) is 2.67. The Hall–Kier alpha value is -2.47. The number of nitrogens with zero attached hydrogens (tertiary/aromatic N) is 1. The summed E-state index contributed by atoms with van der Waals surface area (Å²) in [5.41, 5.74) is 2.39. The number of carbonyl (C=O) groups is 1. The summed E-state index contributed by atoms with van der Waals surface area (Å²) in [6.07, 6.45) is 0. The third kappa shape index (κ3) is 4.54. The summed E-state index contributed by atoms with van der Waals surface area (Å²) in [5.74, 6) is 0.876. The lowest BCUT2D eigenvalue weighted by molar-refractivity contribution is 0.0527. The molecule has 1 heterocycles. The Balaban J connectivity index is 2.30. The minimum Gasteiger partial charge on any atom is -0.497 e. The highest BCUT2D eigenvalue weighted by molar-refractivity contribution is 6.33. The molecule has 0 saturated carbocycles. The number of anilines is 1. The second-order valence-corrected chi connectivity index (χ2v) is 5.59. The van der Waals surface area contributed by atoms with E-state index >= 15 is 0 Å². The molecule has 0 fully saturated rings. The Labute approximate surface area is 152 Å². The van der Waals surface area contributed by atoms with Crippen molar-refractivity contribution in [2.24, 2.45) is 0 Å². The first kappa shape index (κ1) is 18.9. The first-order valence-electron chi connectivity index (χ1n) is 7.79. The molecule has 7 heteroatoms. The molecule has 25 heavy (non-hydrogen) atoms. The van der Waals surface area contributed by atoms with Gasteiger partial charge in [-0.25, -0.2) is 9.78 Å². The number of hydrogen-bond donors (Lipinski definition) is 1. The Bertz CT molecular complexity index is 765. The molecular formula is C18H21ClN2O4. The number of halogens is 1. The number of pyridine rings is 1. The normalized spacial score (nSPS) is 10.3. The number of methoxy groups -OCH3 is 2. The summed E-state index contributed by atoms with van der Waals surface area (Å²) in [5, 5.41) is 3.33. The number of aromatic nitrogens is 1. The molecule has 6 nitrogen and oxygen atoms in total. The van der Waals surface area contributed by atoms with Crippen LogP contribution in [-0.4, -0.2) is 31.8 Å². The van der Waals surface area contributed by atoms with Crippen LogP contribution in [0.1, 0.15) is 28.5 Å². The lowest BCUT2D eigenvalue weighted by Crippen LogP contribution is -2.12. The molecule has 1 aromatic carbocycles. The molecule has 0 atom stereocenters. The molecule has 0 aliphatic rings. The van der Waals surface area contributed by atoms with Gasteiger partial charge in [-0.15, -0.1) is 0 Å². The van der Waals surface area contributed by atoms with Crippen molar-refractivity contribution >= 4 is 23.3 Å². The van der Waals surface area contributed by atoms with Gasteiger partial charge in [0, 0.05) is 23.9 Å². The quantitative estimate of drug-likeness (QED) is 0.594. The molecule has 0 saturated heterocycles. The van der Waals surface area contributed by atoms with Gasteiger partial charge >= 0.3 is 5.97 Å². The maximum Gasteiger partial charge on any atom is 0.343 e. The lowest BCUT2D eigenvalue weighted by atomic mass is 10.1. The van der Waals surface area contributed by atoms with Crippen LogP contribution >= 0.6 is 11.6 Å². The monoisotopic (exact) mass is 364 g/mol. The molecule has 0 amide bonds. The van der Waals surface area contributed by atoms with E-state index in [1.807, 2.05) is 12.1 Å². The number of ether oxygens (including phenoxy) is 3. The minimum absolute atomic E-state index is 0.114. The average Bonchev–Trinajstić information content (AvgIpc) is 2.59. The zero-order chi connectivity index (χ0) is 18.4. The fourth-order valence-electron chi connectivity index (χ4n) is 2.36. The first-order chi connectivity index (χ1) is 12.0. The standard InChI is InChI=1S/C18H21ClN2O4/c1-5-25-18(22)16-14(8-11(2)21-17(16)19)20-10-12-6-7-13(23-3)9-15(12)24-4/h6-9H,5,10H2,1-4H3,(H,20,21). The van der Waals surface area contributed by atoms with E-state index in [2.05, 4.69) is 10.3 Å². The largest absolute Gasteiger partial charge is 0.497 e. The molecule has 0 aliphatic heterocycles. The zero-order valence-corrected chi connectivity index (χ0v) is 15.4. The van der Waals surface area contributed by atoms with E-state index in [-0.39, 0.29) is 17.3 Å². The van der Waals surface area contributed by atoms with Crippen molar-refractivity contribution in [2.45, 2.75) is 20.4 Å². The predicted octanol–water partition coefficient (Wildman–Crippen LogP) is 3.85. The van der Waals surface area contributed by atoms with Crippen LogP contribution in [0, 0.1) is 6.92 Å². The molecule has 0 aliphatic carbocycles. The smallest absolute Gasteiger partial charge is 0.343 e. The second-order valence-electron chi connectivity index (χ2n) is 5.23. The van der Waals surface area contributed by atoms with Crippen LogP contribution in [0.25, 0.3) is 0 Å². The van der Waals surface area contributed by atoms with Crippen LogP contribution in [0.5, 0.6) is 11.5 Å². The van der Waals surface area contributed by atoms with Gasteiger partial charge in [0.1, 0.15) is 22.2 Å². The van der Waals surface area contributed by atoms with Gasteiger partial charge in [0.05, 0.1) is 26.5 Å². The second kappa shape index (κ2) is 8.58. The van der Waals surface area contributed by atoms with Crippen LogP contribution < -0.4 is 14.8 Å². The molecule has 0 bridgehead atoms. The minimum atomic E-state index is -0.510. The fraction of sp³-hybridized carbons (Fsp3) is 0.333. The SMILES string of the molecule is CCOC(=O)c1c(NCc2ccc(OC)cc2OC)cc(C)nc1Cl. The van der Waals surface area contributed by atoms with E-state index < -0.39 is 5.97 Å². The number of benzene rings is 1. The molecular weight excluding hydrogens is 344 g/mol. The predicted molar refractivity (Wildman–Crippen MR) is 96.8 cm³/mol. The summed E-state index contributed by atoms with van der Waals surface area (Å²) >= 11 is 6.15. The van der Waals surface area contributed by atoms with E-state index in [4.69, 9.17) is 25.8 Å². The van der Waals surface area contributed by atoms with Gasteiger partial charge in [-0.05, 0) is 32.0 Å². The summed E-state index contributed by atoms with van der Waals surface area (Å²) in [7, 11) is 3.19. The van der Waals surface area contributed by atoms with Crippen molar-refractivity contribution < 1.29 is 19.0 Å². The van der Waals surface area contributed by atoms with Gasteiger partial charge in [0.2, 0.25) is 0 Å². The first-order valence-corrected chi connectivity index (χ1v) is 8.17. The Morgan fingerprint density at radius 2 is 2.00 bits per heavy atom. The molecule has 2 aromatic rings. The Morgan fingerprint density at radius 1 is 1.24 bits per heavy atom. The van der Waals surface area contributed by atoms with Gasteiger partial charge in [-0.3, -0.25) is 0 Å². The average molecular weight is 365 g/mol. The highest BCUT2D eigenvalue weighted by atomic mass is 35.5. The van der Waals surface area contributed by atoms with Crippen LogP contribution in [-0.2, 0) is 11.3 Å². The lowest BCUT2D eigenvalue weighted by Gasteiger charge is -2.15. The summed E-state index contributed by atoms with van der Waals surface area (Å²) in [6, 6.07) is 7.29. The summed E-state index contributed by atoms with van der Waals surface area (Å²) in [4.78, 5) is 16.3. The highest BCUT2D eigenvalue weighted by Gasteiger charge is 2.19. The number of nitrogens with one attached hydrogen (secondary N) is 1. The molecule has 1 aromatic heterocycles. The van der Waals surface area contributed by atoms with Gasteiger partial charge in [0.25, 0.3) is 0 Å². The zero-order valence-electron chi connectivity index (χ0n) is 14.7. The Kier molecular flexibility index (Phi) is 6.47. The van der Waals surface area contributed by atoms with Crippen LogP contribution in [0.3, 0.4) is 0 Å². The van der Waals surface area contributed by atoms with Crippen LogP contribution in [0.2, 0.25) is 5.15 Å². The molecule has 134 valence electrons. The van der Waals surface area contributed by atoms with Crippen molar-refractivity contribution in [3.8, 4) is 11.5 Å². The van der Waals surface area contributed by atoms with Crippen LogP contribution in [0.4, 0.5) is 5.69 Å². The number of esters is 1. The third-order valence-electron chi connectivity index (χ3n) is 3.55. The van der Waals surface area contributed by atoms with Gasteiger partial charge in [-0.2, -0.15) is 0 Å². The van der Waals surface area contributed by atoms with Gasteiger partial charge in [-0.1, -0.05) is 11.6 Å². The van der Waals surface area contributed by atoms with Crippen molar-refractivity contribution in [1.29, 1.82) is 0 Å². The van der Waals surface area contributed by atoms with E-state index in [0.717, 1.165) is 5.56 Å². The molecule has 0 unspecified atom stereocenters. The van der Waals surface area contributed by atoms with E-state index in [1.54, 1.807) is 40.2 Å². The molecule has 1 N–H and O–H groups in total.